The molecule has 40 heavy (non-hydrogen) atoms. The molecule has 212 valence electrons. The maximum atomic E-state index is 14.7. The first-order valence-corrected chi connectivity index (χ1v) is 14.1. The van der Waals surface area contributed by atoms with Gasteiger partial charge in [-0.3, -0.25) is 9.36 Å². The van der Waals surface area contributed by atoms with Crippen LogP contribution in [0.2, 0.25) is 0 Å². The van der Waals surface area contributed by atoms with Crippen LogP contribution in [-0.4, -0.2) is 64.9 Å². The van der Waals surface area contributed by atoms with E-state index in [0.717, 1.165) is 24.6 Å². The van der Waals surface area contributed by atoms with E-state index < -0.39 is 23.2 Å². The van der Waals surface area contributed by atoms with Crippen molar-refractivity contribution in [3.8, 4) is 11.1 Å². The van der Waals surface area contributed by atoms with Crippen LogP contribution in [0, 0.1) is 5.82 Å². The molecule has 1 N–H and O–H groups in total. The standard InChI is InChI=1S/C28H29F4N5O2S/c1-3-9-33-19-15-37-24-20(26(34-27(37)39)36-12-10-35(11-13-36)22(38)4-2)14-21(28(30,31)32)23(25(24)40-16-19)17-5-7-18(29)8-6-17/h4-8,14,19,33H,2-3,9-13,15-16H2,1H3. The quantitative estimate of drug-likeness (QED) is 0.344. The molecule has 12 heteroatoms. The van der Waals surface area contributed by atoms with Gasteiger partial charge in [-0.15, -0.1) is 11.8 Å². The van der Waals surface area contributed by atoms with Crippen LogP contribution in [0.3, 0.4) is 0 Å². The fourth-order valence-electron chi connectivity index (χ4n) is 5.27. The number of halogens is 4. The molecule has 1 aromatic heterocycles. The summed E-state index contributed by atoms with van der Waals surface area (Å²) in [4.78, 5) is 33.6. The molecule has 5 rings (SSSR count). The molecule has 2 aliphatic rings. The molecule has 0 saturated carbocycles. The Morgan fingerprint density at radius 3 is 2.52 bits per heavy atom. The van der Waals surface area contributed by atoms with Gasteiger partial charge in [-0.2, -0.15) is 18.2 Å². The van der Waals surface area contributed by atoms with E-state index in [1.807, 2.05) is 6.92 Å². The molecule has 0 aliphatic carbocycles. The van der Waals surface area contributed by atoms with Crippen LogP contribution in [0.1, 0.15) is 18.9 Å². The molecule has 0 radical (unpaired) electrons. The Morgan fingerprint density at radius 1 is 1.20 bits per heavy atom. The highest BCUT2D eigenvalue weighted by atomic mass is 32.2. The van der Waals surface area contributed by atoms with Gasteiger partial charge in [-0.25, -0.2) is 9.18 Å². The Kier molecular flexibility index (Phi) is 7.92. The second kappa shape index (κ2) is 11.2. The average molecular weight is 576 g/mol. The molecule has 2 aliphatic heterocycles. The number of aromatic nitrogens is 2. The van der Waals surface area contributed by atoms with Gasteiger partial charge >= 0.3 is 11.9 Å². The van der Waals surface area contributed by atoms with Crippen molar-refractivity contribution < 1.29 is 22.4 Å². The van der Waals surface area contributed by atoms with Gasteiger partial charge in [0.1, 0.15) is 11.6 Å². The van der Waals surface area contributed by atoms with E-state index in [1.165, 1.54) is 34.5 Å². The van der Waals surface area contributed by atoms with Gasteiger partial charge in [0.2, 0.25) is 5.91 Å². The number of piperazine rings is 1. The van der Waals surface area contributed by atoms with Crippen LogP contribution in [0.15, 0.2) is 52.7 Å². The summed E-state index contributed by atoms with van der Waals surface area (Å²) < 4.78 is 59.3. The Morgan fingerprint density at radius 2 is 1.90 bits per heavy atom. The number of anilines is 1. The maximum absolute atomic E-state index is 14.7. The molecule has 0 bridgehead atoms. The van der Waals surface area contributed by atoms with Gasteiger partial charge in [0.25, 0.3) is 0 Å². The minimum absolute atomic E-state index is 0.0761. The number of benzene rings is 2. The van der Waals surface area contributed by atoms with Crippen LogP contribution in [0.4, 0.5) is 23.4 Å². The largest absolute Gasteiger partial charge is 0.417 e. The number of amides is 1. The van der Waals surface area contributed by atoms with E-state index in [9.17, 15) is 27.2 Å². The predicted molar refractivity (Wildman–Crippen MR) is 148 cm³/mol. The molecular weight excluding hydrogens is 546 g/mol. The second-order valence-electron chi connectivity index (χ2n) is 9.84. The van der Waals surface area contributed by atoms with Gasteiger partial charge in [-0.05, 0) is 42.8 Å². The third-order valence-electron chi connectivity index (χ3n) is 7.22. The van der Waals surface area contributed by atoms with Crippen LogP contribution in [0.25, 0.3) is 22.0 Å². The van der Waals surface area contributed by atoms with Gasteiger partial charge in [0.15, 0.2) is 0 Å². The molecule has 1 saturated heterocycles. The molecular formula is C28H29F4N5O2S. The summed E-state index contributed by atoms with van der Waals surface area (Å²) >= 11 is 1.26. The topological polar surface area (TPSA) is 70.5 Å². The summed E-state index contributed by atoms with van der Waals surface area (Å²) in [5.41, 5.74) is -0.899. The highest BCUT2D eigenvalue weighted by molar-refractivity contribution is 7.99. The van der Waals surface area contributed by atoms with E-state index in [0.29, 0.717) is 48.9 Å². The predicted octanol–water partition coefficient (Wildman–Crippen LogP) is 4.53. The number of thioether (sulfide) groups is 1. The van der Waals surface area contributed by atoms with Crippen molar-refractivity contribution in [2.75, 3.05) is 43.4 Å². The molecule has 1 unspecified atom stereocenters. The zero-order valence-electron chi connectivity index (χ0n) is 21.9. The third-order valence-corrected chi connectivity index (χ3v) is 8.47. The van der Waals surface area contributed by atoms with Crippen LogP contribution in [-0.2, 0) is 17.5 Å². The number of rotatable bonds is 6. The van der Waals surface area contributed by atoms with Gasteiger partial charge in [0, 0.05) is 60.4 Å². The zero-order chi connectivity index (χ0) is 28.6. The number of alkyl halides is 3. The van der Waals surface area contributed by atoms with Gasteiger partial charge < -0.3 is 15.1 Å². The first-order valence-electron chi connectivity index (χ1n) is 13.1. The first-order chi connectivity index (χ1) is 19.1. The average Bonchev–Trinajstić information content (AvgIpc) is 3.14. The fraction of sp³-hybridized carbons (Fsp3) is 0.393. The number of nitrogens with zero attached hydrogens (tertiary/aromatic N) is 4. The second-order valence-corrected chi connectivity index (χ2v) is 10.9. The zero-order valence-corrected chi connectivity index (χ0v) is 22.7. The van der Waals surface area contributed by atoms with Crippen LogP contribution >= 0.6 is 11.8 Å². The third kappa shape index (κ3) is 5.34. The lowest BCUT2D eigenvalue weighted by Crippen LogP contribution is -2.49. The van der Waals surface area contributed by atoms with Crippen molar-refractivity contribution in [1.29, 1.82) is 0 Å². The van der Waals surface area contributed by atoms with Crippen LogP contribution in [0.5, 0.6) is 0 Å². The lowest BCUT2D eigenvalue weighted by atomic mass is 9.96. The van der Waals surface area contributed by atoms with Gasteiger partial charge in [0.05, 0.1) is 11.1 Å². The van der Waals surface area contributed by atoms with Crippen LogP contribution < -0.4 is 15.9 Å². The minimum atomic E-state index is -4.73. The van der Waals surface area contributed by atoms with E-state index in [2.05, 4.69) is 16.9 Å². The highest BCUT2D eigenvalue weighted by Gasteiger charge is 2.38. The minimum Gasteiger partial charge on any atom is -0.352 e. The van der Waals surface area contributed by atoms with Crippen molar-refractivity contribution in [3.63, 3.8) is 0 Å². The Labute approximate surface area is 232 Å². The molecule has 1 atom stereocenters. The molecule has 1 amide bonds. The Bertz CT molecular complexity index is 1500. The number of hydrogen-bond acceptors (Lipinski definition) is 6. The summed E-state index contributed by atoms with van der Waals surface area (Å²) in [6.45, 7) is 7.70. The van der Waals surface area contributed by atoms with Crippen molar-refractivity contribution in [2.24, 2.45) is 0 Å². The maximum Gasteiger partial charge on any atom is 0.417 e. The summed E-state index contributed by atoms with van der Waals surface area (Å²) in [5.74, 6) is -0.187. The number of carbonyl (C=O) groups is 1. The molecule has 3 heterocycles. The first kappa shape index (κ1) is 28.2. The monoisotopic (exact) mass is 575 g/mol. The summed E-state index contributed by atoms with van der Waals surface area (Å²) in [5, 5.41) is 3.61. The molecule has 7 nitrogen and oxygen atoms in total. The summed E-state index contributed by atoms with van der Waals surface area (Å²) in [6, 6.07) is 5.83. The molecule has 0 spiro atoms. The lowest BCUT2D eigenvalue weighted by Gasteiger charge is -2.35. The van der Waals surface area contributed by atoms with Crippen molar-refractivity contribution in [3.05, 3.63) is 64.9 Å². The van der Waals surface area contributed by atoms with E-state index >= 15 is 0 Å². The fourth-order valence-corrected chi connectivity index (χ4v) is 6.59. The molecule has 1 fully saturated rings. The number of hydrogen-bond donors (Lipinski definition) is 1. The van der Waals surface area contributed by atoms with Crippen molar-refractivity contribution in [1.82, 2.24) is 19.8 Å². The van der Waals surface area contributed by atoms with E-state index in [1.54, 1.807) is 9.80 Å². The van der Waals surface area contributed by atoms with Crippen molar-refractivity contribution in [2.45, 2.75) is 37.0 Å². The number of carbonyl (C=O) groups excluding carboxylic acids is 1. The SMILES string of the molecule is C=CC(=O)N1CCN(c2nc(=O)n3c4c(c(-c5ccc(F)cc5)c(C(F)(F)F)cc24)SCC(NCCC)C3)CC1. The smallest absolute Gasteiger partial charge is 0.352 e. The normalized spacial score (nSPS) is 17.7. The van der Waals surface area contributed by atoms with E-state index in [-0.39, 0.29) is 40.8 Å². The Hall–Kier alpha value is -3.38. The highest BCUT2D eigenvalue weighted by Crippen LogP contribution is 2.48. The summed E-state index contributed by atoms with van der Waals surface area (Å²) in [7, 11) is 0. The van der Waals surface area contributed by atoms with Crippen molar-refractivity contribution >= 4 is 34.4 Å². The lowest BCUT2D eigenvalue weighted by molar-refractivity contribution is -0.137. The molecule has 3 aromatic rings. The Balaban J connectivity index is 1.76. The molecule has 2 aromatic carbocycles. The summed E-state index contributed by atoms with van der Waals surface area (Å²) in [6.07, 6.45) is -2.65. The number of nitrogens with one attached hydrogen (secondary N) is 1. The van der Waals surface area contributed by atoms with Gasteiger partial charge in [-0.1, -0.05) is 25.6 Å². The van der Waals surface area contributed by atoms with E-state index in [4.69, 9.17) is 0 Å².